The van der Waals surface area contributed by atoms with E-state index in [2.05, 4.69) is 74.7 Å². The molecule has 0 N–H and O–H groups in total. The van der Waals surface area contributed by atoms with Crippen molar-refractivity contribution in [2.24, 2.45) is 0 Å². The zero-order valence-electron chi connectivity index (χ0n) is 12.9. The van der Waals surface area contributed by atoms with E-state index >= 15 is 0 Å². The smallest absolute Gasteiger partial charge is 0.0686 e. The molecule has 0 atom stereocenters. The predicted molar refractivity (Wildman–Crippen MR) is 91.0 cm³/mol. The topological polar surface area (TPSA) is 0 Å². The monoisotopic (exact) mass is 272 g/mol. The molecule has 104 valence electrons. The van der Waals surface area contributed by atoms with Gasteiger partial charge in [-0.3, -0.25) is 0 Å². The molecular weight excluding hydrogens is 244 g/mol. The van der Waals surface area contributed by atoms with Crippen LogP contribution in [0.1, 0.15) is 38.2 Å². The predicted octanol–water partition coefficient (Wildman–Crippen LogP) is 6.08. The highest BCUT2D eigenvalue weighted by atomic mass is 28.3. The average molecular weight is 273 g/mol. The highest BCUT2D eigenvalue weighted by Crippen LogP contribution is 2.16. The quantitative estimate of drug-likeness (QED) is 0.416. The van der Waals surface area contributed by atoms with Gasteiger partial charge >= 0.3 is 0 Å². The zero-order chi connectivity index (χ0) is 14.1. The summed E-state index contributed by atoms with van der Waals surface area (Å²) in [6, 6.07) is 10.5. The fourth-order valence-electron chi connectivity index (χ4n) is 2.19. The third-order valence-corrected chi connectivity index (χ3v) is 4.34. The van der Waals surface area contributed by atoms with Gasteiger partial charge in [0, 0.05) is 0 Å². The van der Waals surface area contributed by atoms with E-state index in [0.29, 0.717) is 0 Å². The average Bonchev–Trinajstić information content (AvgIpc) is 2.37. The van der Waals surface area contributed by atoms with Crippen molar-refractivity contribution in [3.63, 3.8) is 0 Å². The van der Waals surface area contributed by atoms with Crippen molar-refractivity contribution in [2.45, 2.75) is 52.2 Å². The first kappa shape index (κ1) is 16.0. The molecule has 0 bridgehead atoms. The number of hydrogen-bond donors (Lipinski definition) is 0. The molecule has 0 saturated heterocycles. The fraction of sp³-hybridized carbons (Fsp3) is 0.444. The second-order valence-corrected chi connectivity index (χ2v) is 11.2. The lowest BCUT2D eigenvalue weighted by atomic mass is 10.1. The lowest BCUT2D eigenvalue weighted by molar-refractivity contribution is 0.806. The van der Waals surface area contributed by atoms with Gasteiger partial charge in [0.15, 0.2) is 0 Å². The van der Waals surface area contributed by atoms with Gasteiger partial charge in [0.2, 0.25) is 0 Å². The molecule has 1 aromatic rings. The first-order valence-corrected chi connectivity index (χ1v) is 11.0. The van der Waals surface area contributed by atoms with Crippen molar-refractivity contribution in [2.75, 3.05) is 0 Å². The van der Waals surface area contributed by atoms with E-state index in [0.717, 1.165) is 0 Å². The van der Waals surface area contributed by atoms with Crippen LogP contribution in [0.5, 0.6) is 0 Å². The molecule has 0 radical (unpaired) electrons. The molecule has 0 saturated carbocycles. The van der Waals surface area contributed by atoms with Crippen molar-refractivity contribution >= 4 is 14.1 Å². The van der Waals surface area contributed by atoms with E-state index in [1.165, 1.54) is 31.2 Å². The van der Waals surface area contributed by atoms with Crippen molar-refractivity contribution in [3.8, 4) is 0 Å². The summed E-state index contributed by atoms with van der Waals surface area (Å²) in [6.07, 6.45) is 9.46. The number of hydrogen-bond acceptors (Lipinski definition) is 0. The van der Waals surface area contributed by atoms with Crippen LogP contribution in [0.25, 0.3) is 6.08 Å². The van der Waals surface area contributed by atoms with Gasteiger partial charge in [-0.1, -0.05) is 80.3 Å². The van der Waals surface area contributed by atoms with Crippen LogP contribution in [-0.4, -0.2) is 8.07 Å². The Bertz CT molecular complexity index is 407. The maximum atomic E-state index is 2.58. The summed E-state index contributed by atoms with van der Waals surface area (Å²) >= 11 is 0. The maximum Gasteiger partial charge on any atom is 0.0686 e. The Hall–Kier alpha value is -1.08. The van der Waals surface area contributed by atoms with E-state index in [1.807, 2.05) is 0 Å². The summed E-state index contributed by atoms with van der Waals surface area (Å²) in [7, 11) is -1.04. The molecule has 0 fully saturated rings. The standard InChI is InChI=1S/C18H28Si/c1-5-17(16-19(2,3)4)12-8-6-9-13-18-14-10-7-11-15-18/h7,9-11,13-16H,5-6,8,12H2,1-4H3/b13-9+,17-16+. The van der Waals surface area contributed by atoms with Crippen LogP contribution in [0.4, 0.5) is 0 Å². The Kier molecular flexibility index (Phi) is 6.86. The van der Waals surface area contributed by atoms with Crippen LogP contribution >= 0.6 is 0 Å². The van der Waals surface area contributed by atoms with Crippen LogP contribution in [-0.2, 0) is 0 Å². The fourth-order valence-corrected chi connectivity index (χ4v) is 3.77. The SMILES string of the molecule is CC/C(=C\[Si](C)(C)C)CCC/C=C/c1ccccc1. The zero-order valence-corrected chi connectivity index (χ0v) is 13.9. The molecule has 0 spiro atoms. The lowest BCUT2D eigenvalue weighted by Crippen LogP contribution is -2.16. The molecule has 0 aliphatic carbocycles. The molecule has 1 heteroatoms. The molecule has 0 unspecified atom stereocenters. The number of rotatable bonds is 7. The normalized spacial score (nSPS) is 13.2. The van der Waals surface area contributed by atoms with Gasteiger partial charge in [-0.05, 0) is 31.2 Å². The van der Waals surface area contributed by atoms with Crippen LogP contribution in [0, 0.1) is 0 Å². The summed E-state index contributed by atoms with van der Waals surface area (Å²) in [6.45, 7) is 9.53. The molecule has 0 heterocycles. The van der Waals surface area contributed by atoms with Crippen molar-refractivity contribution in [1.82, 2.24) is 0 Å². The Morgan fingerprint density at radius 2 is 1.79 bits per heavy atom. The number of benzene rings is 1. The number of allylic oxidation sites excluding steroid dienone is 2. The highest BCUT2D eigenvalue weighted by molar-refractivity contribution is 6.81. The summed E-state index contributed by atoms with van der Waals surface area (Å²) < 4.78 is 0. The van der Waals surface area contributed by atoms with E-state index < -0.39 is 8.07 Å². The summed E-state index contributed by atoms with van der Waals surface area (Å²) in [5.41, 5.74) is 5.54. The van der Waals surface area contributed by atoms with Crippen molar-refractivity contribution in [1.29, 1.82) is 0 Å². The minimum absolute atomic E-state index is 1.04. The van der Waals surface area contributed by atoms with Crippen molar-refractivity contribution in [3.05, 3.63) is 53.2 Å². The van der Waals surface area contributed by atoms with Crippen LogP contribution in [0.2, 0.25) is 19.6 Å². The van der Waals surface area contributed by atoms with Gasteiger partial charge < -0.3 is 0 Å². The molecule has 1 aromatic carbocycles. The molecule has 0 aliphatic rings. The molecule has 0 amide bonds. The molecule has 19 heavy (non-hydrogen) atoms. The third-order valence-electron chi connectivity index (χ3n) is 3.07. The van der Waals surface area contributed by atoms with Crippen molar-refractivity contribution < 1.29 is 0 Å². The second-order valence-electron chi connectivity index (χ2n) is 6.23. The van der Waals surface area contributed by atoms with E-state index in [4.69, 9.17) is 0 Å². The molecule has 0 nitrogen and oxygen atoms in total. The minimum atomic E-state index is -1.04. The van der Waals surface area contributed by atoms with E-state index in [1.54, 1.807) is 5.57 Å². The van der Waals surface area contributed by atoms with Gasteiger partial charge in [-0.15, -0.1) is 0 Å². The Morgan fingerprint density at radius 3 is 2.37 bits per heavy atom. The van der Waals surface area contributed by atoms with Gasteiger partial charge in [-0.2, -0.15) is 0 Å². The number of unbranched alkanes of at least 4 members (excludes halogenated alkanes) is 1. The maximum absolute atomic E-state index is 2.58. The third kappa shape index (κ3) is 7.84. The summed E-state index contributed by atoms with van der Waals surface area (Å²) in [4.78, 5) is 0. The first-order valence-electron chi connectivity index (χ1n) is 7.43. The highest BCUT2D eigenvalue weighted by Gasteiger charge is 2.09. The molecular formula is C18H28Si. The van der Waals surface area contributed by atoms with Crippen LogP contribution < -0.4 is 0 Å². The molecule has 0 aromatic heterocycles. The van der Waals surface area contributed by atoms with Gasteiger partial charge in [0.1, 0.15) is 0 Å². The van der Waals surface area contributed by atoms with Gasteiger partial charge in [0.25, 0.3) is 0 Å². The van der Waals surface area contributed by atoms with Gasteiger partial charge in [0.05, 0.1) is 8.07 Å². The molecule has 1 rings (SSSR count). The lowest BCUT2D eigenvalue weighted by Gasteiger charge is -2.13. The summed E-state index contributed by atoms with van der Waals surface area (Å²) in [5.74, 6) is 0. The van der Waals surface area contributed by atoms with E-state index in [-0.39, 0.29) is 0 Å². The van der Waals surface area contributed by atoms with Crippen LogP contribution in [0.15, 0.2) is 47.7 Å². The van der Waals surface area contributed by atoms with E-state index in [9.17, 15) is 0 Å². The Labute approximate surface area is 120 Å². The van der Waals surface area contributed by atoms with Gasteiger partial charge in [-0.25, -0.2) is 0 Å². The largest absolute Gasteiger partial charge is 0.0958 e. The minimum Gasteiger partial charge on any atom is -0.0958 e. The molecule has 0 aliphatic heterocycles. The van der Waals surface area contributed by atoms with Crippen LogP contribution in [0.3, 0.4) is 0 Å². The summed E-state index contributed by atoms with van der Waals surface area (Å²) in [5, 5.41) is 0. The second kappa shape index (κ2) is 8.16. The Balaban J connectivity index is 2.34. The first-order chi connectivity index (χ1) is 9.01. The Morgan fingerprint density at radius 1 is 1.11 bits per heavy atom.